The summed E-state index contributed by atoms with van der Waals surface area (Å²) in [5.41, 5.74) is -1.48. The van der Waals surface area contributed by atoms with E-state index in [1.807, 2.05) is 22.9 Å². The zero-order valence-corrected chi connectivity index (χ0v) is 14.4. The van der Waals surface area contributed by atoms with Crippen LogP contribution in [0.4, 0.5) is 18.9 Å². The van der Waals surface area contributed by atoms with Crippen molar-refractivity contribution in [2.75, 3.05) is 0 Å². The summed E-state index contributed by atoms with van der Waals surface area (Å²) in [5, 5.41) is 18.7. The number of hydrogen-bond donors (Lipinski definition) is 0. The van der Waals surface area contributed by atoms with Crippen LogP contribution >= 0.6 is 22.7 Å². The maximum Gasteiger partial charge on any atom is 0.416 e. The lowest BCUT2D eigenvalue weighted by Crippen LogP contribution is -2.07. The minimum Gasteiger partial charge on any atom is -0.349 e. The SMILES string of the molecule is O=[N+]([O-])c1cc(C(F)(F)F)ccc1ON=C(c1cccs1)c1cccs1. The smallest absolute Gasteiger partial charge is 0.349 e. The molecular weight excluding hydrogens is 389 g/mol. The Morgan fingerprint density at radius 2 is 1.69 bits per heavy atom. The van der Waals surface area contributed by atoms with Crippen molar-refractivity contribution in [1.82, 2.24) is 0 Å². The predicted molar refractivity (Wildman–Crippen MR) is 93.0 cm³/mol. The highest BCUT2D eigenvalue weighted by Gasteiger charge is 2.33. The summed E-state index contributed by atoms with van der Waals surface area (Å²) in [4.78, 5) is 16.9. The number of thiophene rings is 2. The van der Waals surface area contributed by atoms with E-state index in [0.717, 1.165) is 15.8 Å². The third kappa shape index (κ3) is 3.92. The lowest BCUT2D eigenvalue weighted by Gasteiger charge is -2.08. The van der Waals surface area contributed by atoms with E-state index >= 15 is 0 Å². The molecule has 2 aromatic heterocycles. The second kappa shape index (κ2) is 7.26. The van der Waals surface area contributed by atoms with Gasteiger partial charge in [-0.1, -0.05) is 17.3 Å². The standard InChI is InChI=1S/C16H9F3N2O3S2/c17-16(18,19)10-5-6-12(11(9-10)21(22)23)24-20-15(13-3-1-7-25-13)14-4-2-8-26-14/h1-9H. The summed E-state index contributed by atoms with van der Waals surface area (Å²) in [7, 11) is 0. The predicted octanol–water partition coefficient (Wildman–Crippen LogP) is 5.57. The molecule has 0 radical (unpaired) electrons. The van der Waals surface area contributed by atoms with Gasteiger partial charge in [-0.2, -0.15) is 13.2 Å². The van der Waals surface area contributed by atoms with Crippen molar-refractivity contribution >= 4 is 34.1 Å². The van der Waals surface area contributed by atoms with E-state index in [0.29, 0.717) is 17.8 Å². The molecule has 0 aliphatic rings. The highest BCUT2D eigenvalue weighted by molar-refractivity contribution is 7.15. The van der Waals surface area contributed by atoms with Gasteiger partial charge >= 0.3 is 11.9 Å². The molecule has 0 bridgehead atoms. The first-order chi connectivity index (χ1) is 12.4. The van der Waals surface area contributed by atoms with E-state index in [1.165, 1.54) is 22.7 Å². The van der Waals surface area contributed by atoms with Gasteiger partial charge in [-0.15, -0.1) is 22.7 Å². The second-order valence-corrected chi connectivity index (χ2v) is 6.82. The van der Waals surface area contributed by atoms with E-state index < -0.39 is 22.4 Å². The lowest BCUT2D eigenvalue weighted by molar-refractivity contribution is -0.386. The fraction of sp³-hybridized carbons (Fsp3) is 0.0625. The number of alkyl halides is 3. The Morgan fingerprint density at radius 3 is 2.15 bits per heavy atom. The summed E-state index contributed by atoms with van der Waals surface area (Å²) in [6, 6.07) is 9.26. The Kier molecular flexibility index (Phi) is 5.05. The van der Waals surface area contributed by atoms with Gasteiger partial charge < -0.3 is 4.84 Å². The van der Waals surface area contributed by atoms with Gasteiger partial charge in [-0.05, 0) is 35.0 Å². The Hall–Kier alpha value is -2.72. The summed E-state index contributed by atoms with van der Waals surface area (Å²) in [5.74, 6) is -0.367. The van der Waals surface area contributed by atoms with Crippen LogP contribution < -0.4 is 4.84 Å². The van der Waals surface area contributed by atoms with Crippen molar-refractivity contribution in [1.29, 1.82) is 0 Å². The molecule has 0 atom stereocenters. The minimum atomic E-state index is -4.69. The van der Waals surface area contributed by atoms with Gasteiger partial charge in [0.2, 0.25) is 5.75 Å². The highest BCUT2D eigenvalue weighted by atomic mass is 32.1. The van der Waals surface area contributed by atoms with Gasteiger partial charge in [0.1, 0.15) is 5.71 Å². The number of benzene rings is 1. The van der Waals surface area contributed by atoms with Crippen molar-refractivity contribution in [2.45, 2.75) is 6.18 Å². The molecule has 3 rings (SSSR count). The molecule has 1 aromatic carbocycles. The molecule has 3 aromatic rings. The maximum atomic E-state index is 12.8. The molecule has 0 unspecified atom stereocenters. The summed E-state index contributed by atoms with van der Waals surface area (Å²) in [6.07, 6.45) is -4.69. The third-order valence-corrected chi connectivity index (χ3v) is 4.98. The molecule has 0 aliphatic heterocycles. The number of nitrogens with zero attached hydrogens (tertiary/aromatic N) is 2. The van der Waals surface area contributed by atoms with Gasteiger partial charge in [0.15, 0.2) is 0 Å². The fourth-order valence-electron chi connectivity index (χ4n) is 2.05. The Labute approximate surface area is 153 Å². The molecule has 0 N–H and O–H groups in total. The maximum absolute atomic E-state index is 12.8. The van der Waals surface area contributed by atoms with E-state index in [1.54, 1.807) is 12.1 Å². The van der Waals surface area contributed by atoms with Crippen LogP contribution in [0.1, 0.15) is 15.3 Å². The van der Waals surface area contributed by atoms with Gasteiger partial charge in [-0.25, -0.2) is 0 Å². The number of nitro benzene ring substituents is 1. The van der Waals surface area contributed by atoms with Crippen LogP contribution in [0, 0.1) is 10.1 Å². The lowest BCUT2D eigenvalue weighted by atomic mass is 10.2. The summed E-state index contributed by atoms with van der Waals surface area (Å²) < 4.78 is 38.3. The summed E-state index contributed by atoms with van der Waals surface area (Å²) >= 11 is 2.79. The molecule has 0 aliphatic carbocycles. The van der Waals surface area contributed by atoms with Crippen LogP contribution in [0.2, 0.25) is 0 Å². The number of oxime groups is 1. The number of nitro groups is 1. The Balaban J connectivity index is 1.99. The number of halogens is 3. The Bertz CT molecular complexity index is 900. The monoisotopic (exact) mass is 398 g/mol. The van der Waals surface area contributed by atoms with Crippen molar-refractivity contribution in [3.05, 3.63) is 78.7 Å². The molecule has 5 nitrogen and oxygen atoms in total. The molecule has 0 amide bonds. The minimum absolute atomic E-state index is 0.367. The van der Waals surface area contributed by atoms with Crippen LogP contribution in [0.25, 0.3) is 0 Å². The molecule has 0 spiro atoms. The quantitative estimate of drug-likeness (QED) is 0.321. The van der Waals surface area contributed by atoms with Crippen LogP contribution in [0.15, 0.2) is 58.4 Å². The first-order valence-corrected chi connectivity index (χ1v) is 8.80. The molecule has 0 fully saturated rings. The third-order valence-electron chi connectivity index (χ3n) is 3.23. The Morgan fingerprint density at radius 1 is 1.08 bits per heavy atom. The van der Waals surface area contributed by atoms with Crippen LogP contribution in [-0.4, -0.2) is 10.6 Å². The van der Waals surface area contributed by atoms with Crippen LogP contribution in [-0.2, 0) is 6.18 Å². The molecule has 0 saturated carbocycles. The highest BCUT2D eigenvalue weighted by Crippen LogP contribution is 2.36. The van der Waals surface area contributed by atoms with Crippen LogP contribution in [0.3, 0.4) is 0 Å². The van der Waals surface area contributed by atoms with Crippen molar-refractivity contribution in [3.8, 4) is 5.75 Å². The second-order valence-electron chi connectivity index (χ2n) is 4.92. The van der Waals surface area contributed by atoms with E-state index in [2.05, 4.69) is 5.16 Å². The van der Waals surface area contributed by atoms with Gasteiger partial charge in [-0.3, -0.25) is 10.1 Å². The molecule has 0 saturated heterocycles. The molecule has 26 heavy (non-hydrogen) atoms. The van der Waals surface area contributed by atoms with Crippen molar-refractivity contribution in [3.63, 3.8) is 0 Å². The first kappa shape index (κ1) is 18.1. The van der Waals surface area contributed by atoms with Gasteiger partial charge in [0, 0.05) is 6.07 Å². The fourth-order valence-corrected chi connectivity index (χ4v) is 3.55. The molecule has 10 heteroatoms. The van der Waals surface area contributed by atoms with Gasteiger partial charge in [0.05, 0.1) is 20.2 Å². The molecular formula is C16H9F3N2O3S2. The van der Waals surface area contributed by atoms with E-state index in [4.69, 9.17) is 4.84 Å². The van der Waals surface area contributed by atoms with Crippen molar-refractivity contribution in [2.24, 2.45) is 5.16 Å². The largest absolute Gasteiger partial charge is 0.416 e. The average molecular weight is 398 g/mol. The van der Waals surface area contributed by atoms with Crippen LogP contribution in [0.5, 0.6) is 5.75 Å². The molecule has 2 heterocycles. The zero-order chi connectivity index (χ0) is 18.7. The van der Waals surface area contributed by atoms with Crippen molar-refractivity contribution < 1.29 is 22.9 Å². The zero-order valence-electron chi connectivity index (χ0n) is 12.8. The van der Waals surface area contributed by atoms with E-state index in [-0.39, 0.29) is 5.75 Å². The molecule has 134 valence electrons. The number of rotatable bonds is 5. The van der Waals surface area contributed by atoms with E-state index in [9.17, 15) is 23.3 Å². The first-order valence-electron chi connectivity index (χ1n) is 7.04. The average Bonchev–Trinajstić information content (AvgIpc) is 3.28. The summed E-state index contributed by atoms with van der Waals surface area (Å²) in [6.45, 7) is 0. The normalized spacial score (nSPS) is 11.2. The number of hydrogen-bond acceptors (Lipinski definition) is 6. The topological polar surface area (TPSA) is 64.7 Å². The van der Waals surface area contributed by atoms with Gasteiger partial charge in [0.25, 0.3) is 0 Å².